The number of nitrogens with zero attached hydrogens (tertiary/aromatic N) is 2. The third-order valence-corrected chi connectivity index (χ3v) is 3.43. The first kappa shape index (κ1) is 13.4. The molecule has 0 aliphatic carbocycles. The van der Waals surface area contributed by atoms with Crippen LogP contribution < -0.4 is 10.0 Å². The number of carboxylic acids is 1. The van der Waals surface area contributed by atoms with Gasteiger partial charge in [0.2, 0.25) is 0 Å². The molecule has 1 amide bonds. The van der Waals surface area contributed by atoms with Crippen molar-refractivity contribution in [2.45, 2.75) is 13.8 Å². The van der Waals surface area contributed by atoms with Gasteiger partial charge in [0.1, 0.15) is 5.97 Å². The maximum absolute atomic E-state index is 11.3. The summed E-state index contributed by atoms with van der Waals surface area (Å²) in [4.78, 5) is 25.3. The zero-order valence-electron chi connectivity index (χ0n) is 11.2. The van der Waals surface area contributed by atoms with Crippen molar-refractivity contribution in [3.63, 3.8) is 0 Å². The van der Waals surface area contributed by atoms with Crippen molar-refractivity contribution in [3.8, 4) is 0 Å². The summed E-state index contributed by atoms with van der Waals surface area (Å²) in [5, 5.41) is 10.5. The van der Waals surface area contributed by atoms with Crippen LogP contribution in [0.1, 0.15) is 11.1 Å². The van der Waals surface area contributed by atoms with Crippen LogP contribution in [0.4, 0.5) is 5.69 Å². The molecule has 1 aromatic carbocycles. The maximum atomic E-state index is 11.3. The highest BCUT2D eigenvalue weighted by Gasteiger charge is 2.22. The molecule has 0 spiro atoms. The third-order valence-electron chi connectivity index (χ3n) is 3.43. The minimum absolute atomic E-state index is 0.417. The van der Waals surface area contributed by atoms with Crippen molar-refractivity contribution in [2.75, 3.05) is 31.1 Å². The van der Waals surface area contributed by atoms with Gasteiger partial charge in [-0.05, 0) is 25.5 Å². The Kier molecular flexibility index (Phi) is 3.74. The number of piperazine rings is 1. The average Bonchev–Trinajstić information content (AvgIpc) is 2.38. The molecule has 0 aromatic heterocycles. The van der Waals surface area contributed by atoms with E-state index in [-0.39, 0.29) is 0 Å². The molecule has 1 aliphatic heterocycles. The third kappa shape index (κ3) is 2.86. The van der Waals surface area contributed by atoms with Crippen LogP contribution in [-0.2, 0) is 9.59 Å². The molecule has 0 N–H and O–H groups in total. The van der Waals surface area contributed by atoms with Gasteiger partial charge in [0.25, 0.3) is 5.91 Å². The fraction of sp³-hybridized carbons (Fsp3) is 0.429. The number of aryl methyl sites for hydroxylation is 2. The van der Waals surface area contributed by atoms with Crippen molar-refractivity contribution in [1.29, 1.82) is 0 Å². The van der Waals surface area contributed by atoms with Gasteiger partial charge >= 0.3 is 0 Å². The molecule has 0 bridgehead atoms. The summed E-state index contributed by atoms with van der Waals surface area (Å²) in [5.41, 5.74) is 3.55. The van der Waals surface area contributed by atoms with Crippen molar-refractivity contribution in [1.82, 2.24) is 4.90 Å². The first-order valence-electron chi connectivity index (χ1n) is 6.31. The molecule has 0 unspecified atom stereocenters. The number of carboxylic acid groups (broad SMARTS) is 1. The standard InChI is InChI=1S/C14H18N2O3/c1-10-3-4-12(11(2)9-10)15-5-7-16(8-6-15)13(17)14(18)19/h3-4,9H,5-8H2,1-2H3,(H,18,19)/p-1. The molecule has 1 aromatic rings. The topological polar surface area (TPSA) is 63.7 Å². The van der Waals surface area contributed by atoms with Crippen LogP contribution in [0.2, 0.25) is 0 Å². The number of hydrogen-bond donors (Lipinski definition) is 0. The summed E-state index contributed by atoms with van der Waals surface area (Å²) in [5.74, 6) is -2.54. The summed E-state index contributed by atoms with van der Waals surface area (Å²) >= 11 is 0. The normalized spacial score (nSPS) is 15.5. The van der Waals surface area contributed by atoms with E-state index in [2.05, 4.69) is 30.0 Å². The Morgan fingerprint density at radius 2 is 1.74 bits per heavy atom. The van der Waals surface area contributed by atoms with Gasteiger partial charge in [0, 0.05) is 31.9 Å². The summed E-state index contributed by atoms with van der Waals surface area (Å²) in [6.45, 7) is 6.22. The number of benzene rings is 1. The molecular formula is C14H17N2O3-. The fourth-order valence-corrected chi connectivity index (χ4v) is 2.44. The van der Waals surface area contributed by atoms with Gasteiger partial charge in [-0.3, -0.25) is 4.79 Å². The van der Waals surface area contributed by atoms with E-state index in [0.717, 1.165) is 5.69 Å². The van der Waals surface area contributed by atoms with Gasteiger partial charge in [-0.15, -0.1) is 0 Å². The Hall–Kier alpha value is -2.04. The summed E-state index contributed by atoms with van der Waals surface area (Å²) in [6, 6.07) is 6.25. The average molecular weight is 261 g/mol. The lowest BCUT2D eigenvalue weighted by atomic mass is 10.1. The van der Waals surface area contributed by atoms with Crippen LogP contribution in [0.25, 0.3) is 0 Å². The van der Waals surface area contributed by atoms with E-state index in [1.165, 1.54) is 16.0 Å². The van der Waals surface area contributed by atoms with Gasteiger partial charge in [0.15, 0.2) is 0 Å². The van der Waals surface area contributed by atoms with Crippen LogP contribution >= 0.6 is 0 Å². The van der Waals surface area contributed by atoms with E-state index in [1.807, 2.05) is 6.92 Å². The molecule has 102 valence electrons. The highest BCUT2D eigenvalue weighted by Crippen LogP contribution is 2.22. The first-order valence-corrected chi connectivity index (χ1v) is 6.31. The fourth-order valence-electron chi connectivity index (χ4n) is 2.44. The summed E-state index contributed by atoms with van der Waals surface area (Å²) in [6.07, 6.45) is 0. The number of carbonyl (C=O) groups is 2. The van der Waals surface area contributed by atoms with Crippen molar-refractivity contribution < 1.29 is 14.7 Å². The molecule has 1 heterocycles. The number of carbonyl (C=O) groups excluding carboxylic acids is 2. The Morgan fingerprint density at radius 3 is 2.26 bits per heavy atom. The quantitative estimate of drug-likeness (QED) is 0.651. The van der Waals surface area contributed by atoms with Crippen LogP contribution in [-0.4, -0.2) is 43.0 Å². The van der Waals surface area contributed by atoms with Gasteiger partial charge < -0.3 is 19.7 Å². The molecule has 5 heteroatoms. The molecular weight excluding hydrogens is 244 g/mol. The lowest BCUT2D eigenvalue weighted by molar-refractivity contribution is -0.301. The molecule has 0 atom stereocenters. The van der Waals surface area contributed by atoms with Crippen LogP contribution in [0.3, 0.4) is 0 Å². The Morgan fingerprint density at radius 1 is 1.11 bits per heavy atom. The largest absolute Gasteiger partial charge is 0.540 e. The van der Waals surface area contributed by atoms with Crippen LogP contribution in [0.15, 0.2) is 18.2 Å². The van der Waals surface area contributed by atoms with E-state index in [9.17, 15) is 14.7 Å². The molecule has 0 radical (unpaired) electrons. The second-order valence-electron chi connectivity index (χ2n) is 4.86. The second kappa shape index (κ2) is 5.30. The lowest BCUT2D eigenvalue weighted by Gasteiger charge is -2.37. The zero-order valence-corrected chi connectivity index (χ0v) is 11.2. The van der Waals surface area contributed by atoms with Crippen molar-refractivity contribution in [3.05, 3.63) is 29.3 Å². The lowest BCUT2D eigenvalue weighted by Crippen LogP contribution is -2.53. The van der Waals surface area contributed by atoms with E-state index in [0.29, 0.717) is 26.2 Å². The van der Waals surface area contributed by atoms with Gasteiger partial charge in [0.05, 0.1) is 0 Å². The number of hydrogen-bond acceptors (Lipinski definition) is 4. The van der Waals surface area contributed by atoms with Gasteiger partial charge in [-0.1, -0.05) is 17.7 Å². The predicted octanol–water partition coefficient (Wildman–Crippen LogP) is -0.298. The predicted molar refractivity (Wildman–Crippen MR) is 69.7 cm³/mol. The van der Waals surface area contributed by atoms with Crippen molar-refractivity contribution >= 4 is 17.6 Å². The Labute approximate surface area is 112 Å². The molecule has 1 fully saturated rings. The molecule has 2 rings (SSSR count). The highest BCUT2D eigenvalue weighted by molar-refractivity contribution is 6.30. The molecule has 1 aliphatic rings. The van der Waals surface area contributed by atoms with Crippen molar-refractivity contribution in [2.24, 2.45) is 0 Å². The van der Waals surface area contributed by atoms with E-state index < -0.39 is 11.9 Å². The van der Waals surface area contributed by atoms with E-state index in [4.69, 9.17) is 0 Å². The van der Waals surface area contributed by atoms with Crippen LogP contribution in [0, 0.1) is 13.8 Å². The minimum atomic E-state index is -1.63. The monoisotopic (exact) mass is 261 g/mol. The number of anilines is 1. The number of aliphatic carboxylic acids is 1. The number of amides is 1. The van der Waals surface area contributed by atoms with Gasteiger partial charge in [-0.2, -0.15) is 0 Å². The number of rotatable bonds is 1. The maximum Gasteiger partial charge on any atom is 0.269 e. The van der Waals surface area contributed by atoms with Crippen LogP contribution in [0.5, 0.6) is 0 Å². The molecule has 5 nitrogen and oxygen atoms in total. The van der Waals surface area contributed by atoms with E-state index in [1.54, 1.807) is 0 Å². The highest BCUT2D eigenvalue weighted by atomic mass is 16.4. The summed E-state index contributed by atoms with van der Waals surface area (Å²) < 4.78 is 0. The Bertz CT molecular complexity index is 505. The smallest absolute Gasteiger partial charge is 0.269 e. The van der Waals surface area contributed by atoms with Gasteiger partial charge in [-0.25, -0.2) is 0 Å². The molecule has 0 saturated carbocycles. The Balaban J connectivity index is 2.04. The molecule has 19 heavy (non-hydrogen) atoms. The zero-order chi connectivity index (χ0) is 14.0. The molecule has 1 saturated heterocycles. The second-order valence-corrected chi connectivity index (χ2v) is 4.86. The SMILES string of the molecule is Cc1ccc(N2CCN(C(=O)C(=O)[O-])CC2)c(C)c1. The summed E-state index contributed by atoms with van der Waals surface area (Å²) in [7, 11) is 0. The van der Waals surface area contributed by atoms with E-state index >= 15 is 0 Å². The first-order chi connectivity index (χ1) is 8.99. The minimum Gasteiger partial charge on any atom is -0.540 e.